The van der Waals surface area contributed by atoms with Crippen molar-refractivity contribution in [3.05, 3.63) is 53.9 Å². The second kappa shape index (κ2) is 8.86. The Morgan fingerprint density at radius 2 is 1.76 bits per heavy atom. The fraction of sp³-hybridized carbons (Fsp3) is 0.483. The lowest BCUT2D eigenvalue weighted by molar-refractivity contribution is 0.0966. The Bertz CT molecular complexity index is 1280. The van der Waals surface area contributed by atoms with Crippen molar-refractivity contribution in [1.82, 2.24) is 24.8 Å². The predicted molar refractivity (Wildman–Crippen MR) is 142 cm³/mol. The van der Waals surface area contributed by atoms with Gasteiger partial charge >= 0.3 is 0 Å². The van der Waals surface area contributed by atoms with Crippen LogP contribution in [0.15, 0.2) is 42.7 Å². The molecule has 2 N–H and O–H groups in total. The largest absolute Gasteiger partial charge is 0.354 e. The van der Waals surface area contributed by atoms with Crippen LogP contribution in [-0.2, 0) is 0 Å². The molecule has 0 spiro atoms. The zero-order valence-corrected chi connectivity index (χ0v) is 20.8. The van der Waals surface area contributed by atoms with Gasteiger partial charge in [-0.1, -0.05) is 19.9 Å². The minimum atomic E-state index is 0.437. The van der Waals surface area contributed by atoms with Crippen LogP contribution in [0.25, 0.3) is 33.2 Å². The zero-order chi connectivity index (χ0) is 23.2. The van der Waals surface area contributed by atoms with Crippen LogP contribution in [0.4, 0.5) is 0 Å². The summed E-state index contributed by atoms with van der Waals surface area (Å²) in [4.78, 5) is 16.8. The molecule has 2 saturated heterocycles. The standard InChI is InChI=1S/C29H37N5/c1-19(2)27-25-17-21(20-7-14-34(15-8-20)24-9-12-33(3)13-10-24)4-5-26(25)32-28(27)23-16-22-6-11-30-29(22)31-18-23/h4-6,11,16-20,24,32H,7-10,12-15H2,1-3H3,(H,30,31). The van der Waals surface area contributed by atoms with Crippen molar-refractivity contribution in [2.75, 3.05) is 33.2 Å². The van der Waals surface area contributed by atoms with Gasteiger partial charge in [-0.3, -0.25) is 0 Å². The molecule has 0 atom stereocenters. The van der Waals surface area contributed by atoms with Gasteiger partial charge in [-0.05, 0) is 106 Å². The first-order valence-electron chi connectivity index (χ1n) is 13.1. The Balaban J connectivity index is 1.27. The molecule has 4 aromatic rings. The van der Waals surface area contributed by atoms with E-state index in [4.69, 9.17) is 0 Å². The molecule has 0 bridgehead atoms. The topological polar surface area (TPSA) is 51.0 Å². The number of H-pyrrole nitrogens is 2. The van der Waals surface area contributed by atoms with Crippen LogP contribution in [0.2, 0.25) is 0 Å². The molecule has 178 valence electrons. The lowest BCUT2D eigenvalue weighted by atomic mass is 9.86. The van der Waals surface area contributed by atoms with Gasteiger partial charge in [0.05, 0.1) is 5.69 Å². The fourth-order valence-electron chi connectivity index (χ4n) is 6.35. The maximum absolute atomic E-state index is 4.65. The normalized spacial score (nSPS) is 19.6. The van der Waals surface area contributed by atoms with Gasteiger partial charge < -0.3 is 19.8 Å². The van der Waals surface area contributed by atoms with Gasteiger partial charge in [-0.2, -0.15) is 0 Å². The molecule has 0 radical (unpaired) electrons. The first-order valence-corrected chi connectivity index (χ1v) is 13.1. The molecule has 3 aromatic heterocycles. The van der Waals surface area contributed by atoms with E-state index in [0.717, 1.165) is 17.1 Å². The van der Waals surface area contributed by atoms with Crippen molar-refractivity contribution in [3.63, 3.8) is 0 Å². The smallest absolute Gasteiger partial charge is 0.137 e. The predicted octanol–water partition coefficient (Wildman–Crippen LogP) is 6.11. The number of hydrogen-bond acceptors (Lipinski definition) is 3. The third-order valence-electron chi connectivity index (χ3n) is 8.33. The number of nitrogens with one attached hydrogen (secondary N) is 2. The van der Waals surface area contributed by atoms with E-state index in [1.54, 1.807) is 0 Å². The summed E-state index contributed by atoms with van der Waals surface area (Å²) >= 11 is 0. The molecule has 0 unspecified atom stereocenters. The Morgan fingerprint density at radius 3 is 2.53 bits per heavy atom. The lowest BCUT2D eigenvalue weighted by Crippen LogP contribution is -2.46. The van der Waals surface area contributed by atoms with Crippen LogP contribution < -0.4 is 0 Å². The summed E-state index contributed by atoms with van der Waals surface area (Å²) in [6.45, 7) is 9.61. The summed E-state index contributed by atoms with van der Waals surface area (Å²) in [7, 11) is 2.26. The number of nitrogens with zero attached hydrogens (tertiary/aromatic N) is 3. The molecular formula is C29H37N5. The number of aromatic amines is 2. The van der Waals surface area contributed by atoms with Gasteiger partial charge in [-0.15, -0.1) is 0 Å². The summed E-state index contributed by atoms with van der Waals surface area (Å²) in [5.41, 5.74) is 7.49. The van der Waals surface area contributed by atoms with Crippen molar-refractivity contribution >= 4 is 21.9 Å². The molecule has 1 aromatic carbocycles. The first-order chi connectivity index (χ1) is 16.6. The van der Waals surface area contributed by atoms with Gasteiger partial charge in [0.1, 0.15) is 5.65 Å². The summed E-state index contributed by atoms with van der Waals surface area (Å²) < 4.78 is 0. The summed E-state index contributed by atoms with van der Waals surface area (Å²) in [6, 6.07) is 12.3. The second-order valence-electron chi connectivity index (χ2n) is 10.9. The van der Waals surface area contributed by atoms with E-state index >= 15 is 0 Å². The van der Waals surface area contributed by atoms with Gasteiger partial charge in [-0.25, -0.2) is 4.98 Å². The SMILES string of the molecule is CC(C)c1c(-c2cnc3[nH]ccc3c2)[nH]c2ccc(C3CCN(C4CCN(C)CC4)CC3)cc12. The van der Waals surface area contributed by atoms with Crippen LogP contribution in [0, 0.1) is 0 Å². The maximum atomic E-state index is 4.65. The van der Waals surface area contributed by atoms with Crippen LogP contribution in [0.1, 0.15) is 62.5 Å². The number of fused-ring (bicyclic) bond motifs is 2. The van der Waals surface area contributed by atoms with Crippen LogP contribution in [0.3, 0.4) is 0 Å². The molecule has 0 amide bonds. The molecule has 6 rings (SSSR count). The number of piperidine rings is 2. The quantitative estimate of drug-likeness (QED) is 0.390. The maximum Gasteiger partial charge on any atom is 0.137 e. The third-order valence-corrected chi connectivity index (χ3v) is 8.33. The van der Waals surface area contributed by atoms with Gasteiger partial charge in [0.2, 0.25) is 0 Å². The molecule has 2 aliphatic rings. The number of rotatable bonds is 4. The van der Waals surface area contributed by atoms with E-state index in [1.807, 2.05) is 12.4 Å². The molecule has 0 aliphatic carbocycles. The molecule has 5 heterocycles. The summed E-state index contributed by atoms with van der Waals surface area (Å²) in [6.07, 6.45) is 9.18. The van der Waals surface area contributed by atoms with Crippen molar-refractivity contribution < 1.29 is 0 Å². The van der Waals surface area contributed by atoms with E-state index in [2.05, 4.69) is 76.0 Å². The first kappa shape index (κ1) is 21.9. The highest BCUT2D eigenvalue weighted by Crippen LogP contribution is 2.39. The zero-order valence-electron chi connectivity index (χ0n) is 20.8. The molecular weight excluding hydrogens is 418 g/mol. The molecule has 5 nitrogen and oxygen atoms in total. The molecule has 2 aliphatic heterocycles. The second-order valence-corrected chi connectivity index (χ2v) is 10.9. The summed E-state index contributed by atoms with van der Waals surface area (Å²) in [5, 5.41) is 2.54. The fourth-order valence-corrected chi connectivity index (χ4v) is 6.35. The van der Waals surface area contributed by atoms with Gasteiger partial charge in [0.15, 0.2) is 0 Å². The molecule has 0 saturated carbocycles. The van der Waals surface area contributed by atoms with E-state index in [0.29, 0.717) is 11.8 Å². The van der Waals surface area contributed by atoms with E-state index in [9.17, 15) is 0 Å². The molecule has 34 heavy (non-hydrogen) atoms. The monoisotopic (exact) mass is 455 g/mol. The highest BCUT2D eigenvalue weighted by atomic mass is 15.2. The van der Waals surface area contributed by atoms with Crippen molar-refractivity contribution in [2.24, 2.45) is 0 Å². The minimum absolute atomic E-state index is 0.437. The van der Waals surface area contributed by atoms with Gasteiger partial charge in [0.25, 0.3) is 0 Å². The third kappa shape index (κ3) is 3.95. The van der Waals surface area contributed by atoms with Gasteiger partial charge in [0, 0.05) is 40.3 Å². The van der Waals surface area contributed by atoms with E-state index in [-0.39, 0.29) is 0 Å². The lowest BCUT2D eigenvalue weighted by Gasteiger charge is -2.41. The van der Waals surface area contributed by atoms with E-state index in [1.165, 1.54) is 85.1 Å². The van der Waals surface area contributed by atoms with Crippen LogP contribution in [0.5, 0.6) is 0 Å². The van der Waals surface area contributed by atoms with Crippen LogP contribution >= 0.6 is 0 Å². The Labute approximate surface area is 202 Å². The molecule has 2 fully saturated rings. The van der Waals surface area contributed by atoms with E-state index < -0.39 is 0 Å². The number of aromatic nitrogens is 3. The average molecular weight is 456 g/mol. The highest BCUT2D eigenvalue weighted by Gasteiger charge is 2.28. The van der Waals surface area contributed by atoms with Crippen molar-refractivity contribution in [1.29, 1.82) is 0 Å². The average Bonchev–Trinajstić information content (AvgIpc) is 3.48. The van der Waals surface area contributed by atoms with Crippen molar-refractivity contribution in [2.45, 2.75) is 57.4 Å². The van der Waals surface area contributed by atoms with Crippen LogP contribution in [-0.4, -0.2) is 64.0 Å². The number of likely N-dealkylation sites (tertiary alicyclic amines) is 2. The molecule has 5 heteroatoms. The number of benzene rings is 1. The van der Waals surface area contributed by atoms with Crippen molar-refractivity contribution in [3.8, 4) is 11.3 Å². The summed E-state index contributed by atoms with van der Waals surface area (Å²) in [5.74, 6) is 1.11. The number of hydrogen-bond donors (Lipinski definition) is 2. The Morgan fingerprint density at radius 1 is 0.971 bits per heavy atom. The highest BCUT2D eigenvalue weighted by molar-refractivity contribution is 5.93. The Kier molecular flexibility index (Phi) is 5.70. The Hall–Kier alpha value is -2.63. The number of pyridine rings is 1. The minimum Gasteiger partial charge on any atom is -0.354 e.